The lowest BCUT2D eigenvalue weighted by atomic mass is 10.2. The van der Waals surface area contributed by atoms with Crippen molar-refractivity contribution in [3.05, 3.63) is 59.7 Å². The molecule has 0 saturated carbocycles. The number of methoxy groups -OCH3 is 1. The van der Waals surface area contributed by atoms with Gasteiger partial charge in [0.1, 0.15) is 50.1 Å². The lowest BCUT2D eigenvalue weighted by Crippen LogP contribution is -3.28. The molecule has 144 valence electrons. The van der Waals surface area contributed by atoms with E-state index >= 15 is 0 Å². The first kappa shape index (κ1) is 19.3. The maximum atomic E-state index is 13.6. The predicted octanol–water partition coefficient (Wildman–Crippen LogP) is -0.104. The number of ether oxygens (including phenoxy) is 1. The van der Waals surface area contributed by atoms with Crippen LogP contribution in [0.5, 0.6) is 5.75 Å². The second-order valence-electron chi connectivity index (χ2n) is 6.87. The Morgan fingerprint density at radius 2 is 1.70 bits per heavy atom. The first-order valence-electron chi connectivity index (χ1n) is 9.08. The van der Waals surface area contributed by atoms with Crippen molar-refractivity contribution in [2.75, 3.05) is 45.2 Å². The summed E-state index contributed by atoms with van der Waals surface area (Å²) in [5.74, 6) is -0.820. The van der Waals surface area contributed by atoms with Crippen LogP contribution in [0.4, 0.5) is 14.5 Å². The Bertz CT molecular complexity index is 775. The topological polar surface area (TPSA) is 47.2 Å². The maximum Gasteiger partial charge on any atom is 0.279 e. The number of hydrogen-bond acceptors (Lipinski definition) is 2. The van der Waals surface area contributed by atoms with Gasteiger partial charge in [-0.2, -0.15) is 0 Å². The molecule has 1 heterocycles. The quantitative estimate of drug-likeness (QED) is 0.658. The number of carbonyl (C=O) groups is 1. The molecule has 1 saturated heterocycles. The Morgan fingerprint density at radius 3 is 2.33 bits per heavy atom. The molecule has 5 nitrogen and oxygen atoms in total. The molecule has 0 bridgehead atoms. The van der Waals surface area contributed by atoms with E-state index in [-0.39, 0.29) is 18.1 Å². The van der Waals surface area contributed by atoms with E-state index in [1.807, 2.05) is 12.1 Å². The minimum atomic E-state index is -0.757. The van der Waals surface area contributed by atoms with Crippen molar-refractivity contribution < 1.29 is 28.1 Å². The van der Waals surface area contributed by atoms with Gasteiger partial charge in [0.25, 0.3) is 5.91 Å². The summed E-state index contributed by atoms with van der Waals surface area (Å²) in [4.78, 5) is 14.8. The molecule has 0 atom stereocenters. The Labute approximate surface area is 157 Å². The third-order valence-electron chi connectivity index (χ3n) is 4.89. The molecule has 0 aromatic heterocycles. The molecule has 2 aromatic carbocycles. The van der Waals surface area contributed by atoms with Crippen molar-refractivity contribution in [2.45, 2.75) is 6.54 Å². The van der Waals surface area contributed by atoms with Gasteiger partial charge < -0.3 is 19.9 Å². The lowest BCUT2D eigenvalue weighted by molar-refractivity contribution is -1.02. The van der Waals surface area contributed by atoms with Crippen LogP contribution >= 0.6 is 0 Å². The standard InChI is InChI=1S/C20H23F2N3O2/c1-27-17-5-2-15(3-6-17)13-24-8-10-25(11-9-24)14-20(26)23-19-7-4-16(21)12-18(19)22/h2-7,12H,8-11,13-14H2,1H3,(H,23,26)/p+2. The van der Waals surface area contributed by atoms with Gasteiger partial charge in [-0.1, -0.05) is 0 Å². The second-order valence-corrected chi connectivity index (χ2v) is 6.87. The van der Waals surface area contributed by atoms with Crippen LogP contribution in [-0.2, 0) is 11.3 Å². The first-order valence-corrected chi connectivity index (χ1v) is 9.08. The molecule has 1 aliphatic heterocycles. The molecule has 3 N–H and O–H groups in total. The molecule has 1 fully saturated rings. The number of amides is 1. The number of carbonyl (C=O) groups excluding carboxylic acids is 1. The largest absolute Gasteiger partial charge is 0.497 e. The Kier molecular flexibility index (Phi) is 6.36. The zero-order valence-corrected chi connectivity index (χ0v) is 15.4. The molecule has 1 amide bonds. The van der Waals surface area contributed by atoms with Gasteiger partial charge in [-0.3, -0.25) is 4.79 Å². The van der Waals surface area contributed by atoms with Gasteiger partial charge in [-0.15, -0.1) is 0 Å². The summed E-state index contributed by atoms with van der Waals surface area (Å²) in [6, 6.07) is 11.2. The zero-order valence-electron chi connectivity index (χ0n) is 15.4. The van der Waals surface area contributed by atoms with Crippen LogP contribution in [0.2, 0.25) is 0 Å². The van der Waals surface area contributed by atoms with E-state index in [4.69, 9.17) is 4.74 Å². The second kappa shape index (κ2) is 8.92. The van der Waals surface area contributed by atoms with E-state index in [2.05, 4.69) is 17.4 Å². The fourth-order valence-electron chi connectivity index (χ4n) is 3.36. The van der Waals surface area contributed by atoms with Crippen molar-refractivity contribution in [1.29, 1.82) is 0 Å². The summed E-state index contributed by atoms with van der Waals surface area (Å²) in [6.45, 7) is 4.94. The number of hydrogen-bond donors (Lipinski definition) is 3. The molecule has 0 radical (unpaired) electrons. The molecule has 2 aromatic rings. The van der Waals surface area contributed by atoms with Crippen LogP contribution in [0.3, 0.4) is 0 Å². The highest BCUT2D eigenvalue weighted by molar-refractivity contribution is 5.91. The van der Waals surface area contributed by atoms with Gasteiger partial charge in [0.2, 0.25) is 0 Å². The van der Waals surface area contributed by atoms with Gasteiger partial charge in [-0.05, 0) is 36.4 Å². The average molecular weight is 377 g/mol. The molecule has 1 aliphatic rings. The molecule has 3 rings (SSSR count). The van der Waals surface area contributed by atoms with Gasteiger partial charge >= 0.3 is 0 Å². The monoisotopic (exact) mass is 377 g/mol. The maximum absolute atomic E-state index is 13.6. The summed E-state index contributed by atoms with van der Waals surface area (Å²) >= 11 is 0. The summed E-state index contributed by atoms with van der Waals surface area (Å²) in [7, 11) is 1.66. The number of benzene rings is 2. The van der Waals surface area contributed by atoms with Gasteiger partial charge in [0.15, 0.2) is 6.54 Å². The van der Waals surface area contributed by atoms with E-state index in [1.165, 1.54) is 21.4 Å². The van der Waals surface area contributed by atoms with Crippen LogP contribution < -0.4 is 19.9 Å². The fourth-order valence-corrected chi connectivity index (χ4v) is 3.36. The molecule has 0 unspecified atom stereocenters. The third kappa shape index (κ3) is 5.48. The van der Waals surface area contributed by atoms with E-state index in [0.717, 1.165) is 50.6 Å². The number of piperazine rings is 1. The van der Waals surface area contributed by atoms with Gasteiger partial charge in [0, 0.05) is 11.6 Å². The van der Waals surface area contributed by atoms with Crippen molar-refractivity contribution >= 4 is 11.6 Å². The predicted molar refractivity (Wildman–Crippen MR) is 97.9 cm³/mol. The van der Waals surface area contributed by atoms with Crippen molar-refractivity contribution in [3.8, 4) is 5.75 Å². The fraction of sp³-hybridized carbons (Fsp3) is 0.350. The lowest BCUT2D eigenvalue weighted by Gasteiger charge is -2.29. The zero-order chi connectivity index (χ0) is 19.2. The van der Waals surface area contributed by atoms with E-state index < -0.39 is 11.6 Å². The summed E-state index contributed by atoms with van der Waals surface area (Å²) in [6.07, 6.45) is 0. The molecular formula is C20H25F2N3O2+2. The highest BCUT2D eigenvalue weighted by Crippen LogP contribution is 2.14. The molecule has 0 spiro atoms. The molecule has 7 heteroatoms. The van der Waals surface area contributed by atoms with Crippen molar-refractivity contribution in [2.24, 2.45) is 0 Å². The number of rotatable bonds is 6. The van der Waals surface area contributed by atoms with Crippen LogP contribution in [0.15, 0.2) is 42.5 Å². The third-order valence-corrected chi connectivity index (χ3v) is 4.89. The molecule has 0 aliphatic carbocycles. The Balaban J connectivity index is 1.44. The molecule has 27 heavy (non-hydrogen) atoms. The van der Waals surface area contributed by atoms with Crippen molar-refractivity contribution in [3.63, 3.8) is 0 Å². The Hall–Kier alpha value is -2.51. The Morgan fingerprint density at radius 1 is 1.04 bits per heavy atom. The van der Waals surface area contributed by atoms with E-state index in [1.54, 1.807) is 7.11 Å². The van der Waals surface area contributed by atoms with Gasteiger partial charge in [0.05, 0.1) is 12.8 Å². The minimum Gasteiger partial charge on any atom is -0.497 e. The molecular weight excluding hydrogens is 352 g/mol. The number of quaternary nitrogens is 2. The highest BCUT2D eigenvalue weighted by atomic mass is 19.1. The normalized spacial score (nSPS) is 19.5. The van der Waals surface area contributed by atoms with Crippen LogP contribution in [0, 0.1) is 11.6 Å². The number of nitrogens with one attached hydrogen (secondary N) is 3. The van der Waals surface area contributed by atoms with E-state index in [0.29, 0.717) is 0 Å². The summed E-state index contributed by atoms with van der Waals surface area (Å²) in [5, 5.41) is 2.53. The van der Waals surface area contributed by atoms with Gasteiger partial charge in [-0.25, -0.2) is 8.78 Å². The number of halogens is 2. The van der Waals surface area contributed by atoms with Crippen LogP contribution in [0.1, 0.15) is 5.56 Å². The van der Waals surface area contributed by atoms with Crippen LogP contribution in [-0.4, -0.2) is 45.7 Å². The first-order chi connectivity index (χ1) is 13.0. The highest BCUT2D eigenvalue weighted by Gasteiger charge is 2.25. The summed E-state index contributed by atoms with van der Waals surface area (Å²) in [5.41, 5.74) is 1.28. The minimum absolute atomic E-state index is 0.0181. The van der Waals surface area contributed by atoms with Crippen molar-refractivity contribution in [1.82, 2.24) is 0 Å². The SMILES string of the molecule is COc1ccc(C[NH+]2CC[NH+](CC(=O)Nc3ccc(F)cc3F)CC2)cc1. The summed E-state index contributed by atoms with van der Waals surface area (Å²) < 4.78 is 31.7. The average Bonchev–Trinajstić information content (AvgIpc) is 2.66. The smallest absolute Gasteiger partial charge is 0.279 e. The van der Waals surface area contributed by atoms with E-state index in [9.17, 15) is 13.6 Å². The van der Waals surface area contributed by atoms with Crippen LogP contribution in [0.25, 0.3) is 0 Å². The number of anilines is 1.